The summed E-state index contributed by atoms with van der Waals surface area (Å²) in [5, 5.41) is 0. The molecule has 0 aliphatic rings. The highest BCUT2D eigenvalue weighted by Crippen LogP contribution is 2.18. The molecule has 0 aromatic carbocycles. The zero-order chi connectivity index (χ0) is 15.3. The van der Waals surface area contributed by atoms with E-state index in [2.05, 4.69) is 11.7 Å². The quantitative estimate of drug-likeness (QED) is 0.278. The number of ether oxygens (including phenoxy) is 1. The van der Waals surface area contributed by atoms with Crippen molar-refractivity contribution < 1.29 is 18.3 Å². The maximum Gasteiger partial charge on any atom is 0.381 e. The molecule has 0 aromatic rings. The Morgan fingerprint density at radius 1 is 1.00 bits per heavy atom. The molecule has 4 heteroatoms. The van der Waals surface area contributed by atoms with Gasteiger partial charge < -0.3 is 4.74 Å². The Hall–Kier alpha value is -0.930. The average Bonchev–Trinajstić information content (AvgIpc) is 2.41. The second-order valence-corrected chi connectivity index (χ2v) is 5.01. The van der Waals surface area contributed by atoms with Gasteiger partial charge in [0.25, 0.3) is 0 Å². The average molecular weight is 290 g/mol. The molecule has 0 heterocycles. The van der Waals surface area contributed by atoms with Crippen LogP contribution in [0, 0.1) is 0 Å². The maximum atomic E-state index is 13.2. The molecule has 0 saturated heterocycles. The molecule has 0 rings (SSSR count). The molecule has 0 aliphatic heterocycles. The Morgan fingerprint density at radius 3 is 2.10 bits per heavy atom. The normalized spacial score (nSPS) is 12.0. The summed E-state index contributed by atoms with van der Waals surface area (Å²) in [5.74, 6) is -4.96. The van der Waals surface area contributed by atoms with Gasteiger partial charge in [-0.25, -0.2) is 4.79 Å². The van der Waals surface area contributed by atoms with Gasteiger partial charge in [-0.1, -0.05) is 57.9 Å². The number of carbonyl (C=O) groups is 1. The summed E-state index contributed by atoms with van der Waals surface area (Å²) >= 11 is 0. The van der Waals surface area contributed by atoms with E-state index in [-0.39, 0.29) is 6.61 Å². The van der Waals surface area contributed by atoms with Gasteiger partial charge in [0.2, 0.25) is 0 Å². The standard InChI is InChI=1S/C16H28F2O2/c1-3-5-6-7-8-9-10-11-12-13-14-16(17,18)15(19)20-4-2/h13-14H,3-12H2,1-2H3. The van der Waals surface area contributed by atoms with Gasteiger partial charge in [0.1, 0.15) is 0 Å². The van der Waals surface area contributed by atoms with Gasteiger partial charge >= 0.3 is 11.9 Å². The molecular weight excluding hydrogens is 262 g/mol. The molecule has 0 unspecified atom stereocenters. The molecule has 0 saturated carbocycles. The summed E-state index contributed by atoms with van der Waals surface area (Å²) in [5.41, 5.74) is 0. The third-order valence-corrected chi connectivity index (χ3v) is 3.10. The molecule has 20 heavy (non-hydrogen) atoms. The van der Waals surface area contributed by atoms with Crippen LogP contribution in [0.1, 0.15) is 71.6 Å². The lowest BCUT2D eigenvalue weighted by Crippen LogP contribution is -2.28. The van der Waals surface area contributed by atoms with Crippen LogP contribution in [-0.2, 0) is 9.53 Å². The summed E-state index contributed by atoms with van der Waals surface area (Å²) < 4.78 is 30.7. The van der Waals surface area contributed by atoms with E-state index in [1.807, 2.05) is 0 Å². The SMILES string of the molecule is CCCCCCCCCCC=CC(F)(F)C(=O)OCC. The smallest absolute Gasteiger partial charge is 0.381 e. The number of halogens is 2. The van der Waals surface area contributed by atoms with Crippen LogP contribution in [-0.4, -0.2) is 18.5 Å². The van der Waals surface area contributed by atoms with Crippen molar-refractivity contribution in [3.05, 3.63) is 12.2 Å². The van der Waals surface area contributed by atoms with Crippen molar-refractivity contribution in [2.24, 2.45) is 0 Å². The summed E-state index contributed by atoms with van der Waals surface area (Å²) in [4.78, 5) is 10.9. The number of hydrogen-bond acceptors (Lipinski definition) is 2. The van der Waals surface area contributed by atoms with E-state index in [4.69, 9.17) is 0 Å². The van der Waals surface area contributed by atoms with E-state index in [0.29, 0.717) is 12.5 Å². The molecule has 0 amide bonds. The molecular formula is C16H28F2O2. The number of rotatable bonds is 12. The topological polar surface area (TPSA) is 26.3 Å². The fourth-order valence-corrected chi connectivity index (χ4v) is 1.92. The molecule has 0 atom stereocenters. The fourth-order valence-electron chi connectivity index (χ4n) is 1.92. The number of alkyl halides is 2. The third-order valence-electron chi connectivity index (χ3n) is 3.10. The number of esters is 1. The van der Waals surface area contributed by atoms with Crippen LogP contribution >= 0.6 is 0 Å². The van der Waals surface area contributed by atoms with E-state index in [1.165, 1.54) is 45.1 Å². The van der Waals surface area contributed by atoms with Gasteiger partial charge in [0.05, 0.1) is 6.61 Å². The van der Waals surface area contributed by atoms with Gasteiger partial charge in [0.15, 0.2) is 0 Å². The van der Waals surface area contributed by atoms with Crippen LogP contribution in [0.4, 0.5) is 8.78 Å². The van der Waals surface area contributed by atoms with Crippen molar-refractivity contribution in [3.8, 4) is 0 Å². The lowest BCUT2D eigenvalue weighted by molar-refractivity contribution is -0.164. The van der Waals surface area contributed by atoms with E-state index in [9.17, 15) is 13.6 Å². The summed E-state index contributed by atoms with van der Waals surface area (Å²) in [7, 11) is 0. The predicted octanol–water partition coefficient (Wildman–Crippen LogP) is 5.27. The van der Waals surface area contributed by atoms with E-state index in [0.717, 1.165) is 19.3 Å². The van der Waals surface area contributed by atoms with Gasteiger partial charge in [0, 0.05) is 0 Å². The second-order valence-electron chi connectivity index (χ2n) is 5.01. The number of unbranched alkanes of at least 4 members (excludes halogenated alkanes) is 8. The monoisotopic (exact) mass is 290 g/mol. The minimum absolute atomic E-state index is 0.0275. The number of carbonyl (C=O) groups excluding carboxylic acids is 1. The van der Waals surface area contributed by atoms with Crippen molar-refractivity contribution in [2.75, 3.05) is 6.61 Å². The maximum absolute atomic E-state index is 13.2. The largest absolute Gasteiger partial charge is 0.461 e. The highest BCUT2D eigenvalue weighted by atomic mass is 19.3. The van der Waals surface area contributed by atoms with Crippen molar-refractivity contribution in [1.82, 2.24) is 0 Å². The van der Waals surface area contributed by atoms with Gasteiger partial charge in [-0.05, 0) is 25.8 Å². The molecule has 0 aromatic heterocycles. The van der Waals surface area contributed by atoms with E-state index in [1.54, 1.807) is 0 Å². The number of allylic oxidation sites excluding steroid dienone is 1. The summed E-state index contributed by atoms with van der Waals surface area (Å²) in [6.07, 6.45) is 12.1. The first kappa shape index (κ1) is 19.1. The Morgan fingerprint density at radius 2 is 1.55 bits per heavy atom. The van der Waals surface area contributed by atoms with Gasteiger partial charge in [-0.2, -0.15) is 8.78 Å². The molecule has 0 spiro atoms. The van der Waals surface area contributed by atoms with E-state index >= 15 is 0 Å². The van der Waals surface area contributed by atoms with E-state index < -0.39 is 11.9 Å². The van der Waals surface area contributed by atoms with Crippen LogP contribution in [0.25, 0.3) is 0 Å². The minimum atomic E-state index is -3.49. The molecule has 118 valence electrons. The Labute approximate surface area is 121 Å². The Bertz CT molecular complexity index is 276. The molecule has 0 bridgehead atoms. The Kier molecular flexibility index (Phi) is 11.3. The third kappa shape index (κ3) is 9.93. The highest BCUT2D eigenvalue weighted by Gasteiger charge is 2.37. The summed E-state index contributed by atoms with van der Waals surface area (Å²) in [6.45, 7) is 3.68. The lowest BCUT2D eigenvalue weighted by Gasteiger charge is -2.09. The molecule has 0 aliphatic carbocycles. The minimum Gasteiger partial charge on any atom is -0.461 e. The van der Waals surface area contributed by atoms with Crippen molar-refractivity contribution >= 4 is 5.97 Å². The zero-order valence-electron chi connectivity index (χ0n) is 12.8. The number of hydrogen-bond donors (Lipinski definition) is 0. The van der Waals surface area contributed by atoms with Crippen LogP contribution < -0.4 is 0 Å². The van der Waals surface area contributed by atoms with Crippen LogP contribution in [0.3, 0.4) is 0 Å². The first-order valence-electron chi connectivity index (χ1n) is 7.77. The molecule has 0 radical (unpaired) electrons. The summed E-state index contributed by atoms with van der Waals surface area (Å²) in [6, 6.07) is 0. The molecule has 2 nitrogen and oxygen atoms in total. The second kappa shape index (κ2) is 11.9. The molecule has 0 fully saturated rings. The lowest BCUT2D eigenvalue weighted by atomic mass is 10.1. The van der Waals surface area contributed by atoms with Crippen LogP contribution in [0.15, 0.2) is 12.2 Å². The Balaban J connectivity index is 3.58. The van der Waals surface area contributed by atoms with Crippen LogP contribution in [0.2, 0.25) is 0 Å². The van der Waals surface area contributed by atoms with Gasteiger partial charge in [-0.15, -0.1) is 0 Å². The first-order valence-corrected chi connectivity index (χ1v) is 7.77. The molecule has 0 N–H and O–H groups in total. The van der Waals surface area contributed by atoms with Crippen molar-refractivity contribution in [2.45, 2.75) is 77.6 Å². The van der Waals surface area contributed by atoms with Crippen LogP contribution in [0.5, 0.6) is 0 Å². The fraction of sp³-hybridized carbons (Fsp3) is 0.812. The first-order chi connectivity index (χ1) is 9.54. The van der Waals surface area contributed by atoms with Gasteiger partial charge in [-0.3, -0.25) is 0 Å². The zero-order valence-corrected chi connectivity index (χ0v) is 12.8. The highest BCUT2D eigenvalue weighted by molar-refractivity contribution is 5.79. The van der Waals surface area contributed by atoms with Crippen molar-refractivity contribution in [1.29, 1.82) is 0 Å². The predicted molar refractivity (Wildman–Crippen MR) is 77.9 cm³/mol. The van der Waals surface area contributed by atoms with Crippen molar-refractivity contribution in [3.63, 3.8) is 0 Å².